The smallest absolute Gasteiger partial charge is 0.283 e. The van der Waals surface area contributed by atoms with Gasteiger partial charge < -0.3 is 4.57 Å². The van der Waals surface area contributed by atoms with E-state index in [0.717, 1.165) is 15.0 Å². The van der Waals surface area contributed by atoms with Crippen molar-refractivity contribution in [2.45, 2.75) is 4.90 Å². The number of nitrogens with zero attached hydrogens (tertiary/aromatic N) is 3. The molecule has 0 spiro atoms. The van der Waals surface area contributed by atoms with E-state index < -0.39 is 15.6 Å². The van der Waals surface area contributed by atoms with Crippen LogP contribution in [0.15, 0.2) is 94.6 Å². The Balaban J connectivity index is 2.01. The van der Waals surface area contributed by atoms with E-state index in [4.69, 9.17) is 0 Å². The Bertz CT molecular complexity index is 1570. The Kier molecular flexibility index (Phi) is 4.08. The second-order valence-electron chi connectivity index (χ2n) is 6.98. The van der Waals surface area contributed by atoms with Gasteiger partial charge in [0.15, 0.2) is 5.52 Å². The molecule has 148 valence electrons. The molecule has 5 aromatic rings. The Hall–Kier alpha value is -3.71. The summed E-state index contributed by atoms with van der Waals surface area (Å²) in [6.45, 7) is 0. The third-order valence-electron chi connectivity index (χ3n) is 5.21. The third-order valence-corrected chi connectivity index (χ3v) is 6.80. The molecule has 0 radical (unpaired) electrons. The Morgan fingerprint density at radius 3 is 2.10 bits per heavy atom. The number of hydrogen-bond acceptors (Lipinski definition) is 4. The van der Waals surface area contributed by atoms with E-state index in [0.29, 0.717) is 16.6 Å². The minimum Gasteiger partial charge on any atom is -0.309 e. The van der Waals surface area contributed by atoms with Crippen molar-refractivity contribution < 1.29 is 8.42 Å². The van der Waals surface area contributed by atoms with Crippen molar-refractivity contribution in [2.75, 3.05) is 0 Å². The summed E-state index contributed by atoms with van der Waals surface area (Å²) >= 11 is 0. The summed E-state index contributed by atoms with van der Waals surface area (Å²) in [5.74, 6) is 0. The summed E-state index contributed by atoms with van der Waals surface area (Å²) in [4.78, 5) is 13.4. The van der Waals surface area contributed by atoms with Crippen LogP contribution < -0.4 is 5.56 Å². The molecule has 0 bridgehead atoms. The number of aryl methyl sites for hydroxylation is 1. The monoisotopic (exact) mass is 415 g/mol. The molecule has 0 amide bonds. The van der Waals surface area contributed by atoms with Crippen molar-refractivity contribution in [3.63, 3.8) is 0 Å². The van der Waals surface area contributed by atoms with E-state index in [1.807, 2.05) is 54.6 Å². The molecule has 0 fully saturated rings. The predicted octanol–water partition coefficient (Wildman–Crippen LogP) is 3.79. The van der Waals surface area contributed by atoms with Gasteiger partial charge in [-0.15, -0.1) is 4.09 Å². The number of hydrogen-bond donors (Lipinski definition) is 0. The van der Waals surface area contributed by atoms with Gasteiger partial charge in [0, 0.05) is 23.4 Å². The van der Waals surface area contributed by atoms with Crippen LogP contribution in [0.5, 0.6) is 0 Å². The zero-order valence-electron chi connectivity index (χ0n) is 16.1. The van der Waals surface area contributed by atoms with Crippen LogP contribution in [0.25, 0.3) is 33.1 Å². The molecule has 0 aliphatic carbocycles. The predicted molar refractivity (Wildman–Crippen MR) is 117 cm³/mol. The molecule has 0 N–H and O–H groups in total. The first-order valence-electron chi connectivity index (χ1n) is 9.36. The van der Waals surface area contributed by atoms with Gasteiger partial charge in [0.2, 0.25) is 0 Å². The van der Waals surface area contributed by atoms with Crippen molar-refractivity contribution in [3.05, 3.63) is 95.3 Å². The highest BCUT2D eigenvalue weighted by atomic mass is 32.2. The Labute approximate surface area is 172 Å². The first-order chi connectivity index (χ1) is 14.5. The van der Waals surface area contributed by atoms with Gasteiger partial charge in [0.05, 0.1) is 10.4 Å². The molecule has 0 unspecified atom stereocenters. The SMILES string of the molecule is Cn1c(=O)c2c(c(-c3ccccc3)nn2S(=O)(=O)c2ccccc2)c2ccccc21. The molecule has 0 aliphatic heterocycles. The van der Waals surface area contributed by atoms with E-state index in [1.165, 1.54) is 16.7 Å². The van der Waals surface area contributed by atoms with E-state index in [-0.39, 0.29) is 10.4 Å². The zero-order valence-corrected chi connectivity index (χ0v) is 16.9. The summed E-state index contributed by atoms with van der Waals surface area (Å²) < 4.78 is 29.2. The summed E-state index contributed by atoms with van der Waals surface area (Å²) in [6.07, 6.45) is 0. The molecule has 2 aromatic heterocycles. The number of rotatable bonds is 3. The maximum atomic E-state index is 13.4. The molecule has 30 heavy (non-hydrogen) atoms. The summed E-state index contributed by atoms with van der Waals surface area (Å²) in [5.41, 5.74) is 1.53. The van der Waals surface area contributed by atoms with Gasteiger partial charge in [-0.1, -0.05) is 66.7 Å². The average Bonchev–Trinajstić information content (AvgIpc) is 3.20. The second kappa shape index (κ2) is 6.67. The lowest BCUT2D eigenvalue weighted by Crippen LogP contribution is -2.23. The first-order valence-corrected chi connectivity index (χ1v) is 10.8. The van der Waals surface area contributed by atoms with Gasteiger partial charge in [-0.25, -0.2) is 0 Å². The van der Waals surface area contributed by atoms with E-state index >= 15 is 0 Å². The third kappa shape index (κ3) is 2.59. The summed E-state index contributed by atoms with van der Waals surface area (Å²) in [7, 11) is -2.43. The number of fused-ring (bicyclic) bond motifs is 3. The van der Waals surface area contributed by atoms with Crippen LogP contribution >= 0.6 is 0 Å². The molecule has 7 heteroatoms. The van der Waals surface area contributed by atoms with Gasteiger partial charge in [0.25, 0.3) is 15.6 Å². The van der Waals surface area contributed by atoms with Crippen molar-refractivity contribution in [3.8, 4) is 11.3 Å². The van der Waals surface area contributed by atoms with Crippen LogP contribution in [0.2, 0.25) is 0 Å². The molecule has 0 saturated heterocycles. The number of aromatic nitrogens is 3. The summed E-state index contributed by atoms with van der Waals surface area (Å²) in [5, 5.41) is 5.77. The zero-order chi connectivity index (χ0) is 20.9. The van der Waals surface area contributed by atoms with Crippen molar-refractivity contribution in [1.29, 1.82) is 0 Å². The highest BCUT2D eigenvalue weighted by Gasteiger charge is 2.27. The molecule has 6 nitrogen and oxygen atoms in total. The van der Waals surface area contributed by atoms with Gasteiger partial charge in [0.1, 0.15) is 5.69 Å². The Morgan fingerprint density at radius 1 is 0.800 bits per heavy atom. The minimum absolute atomic E-state index is 0.0407. The fraction of sp³-hybridized carbons (Fsp3) is 0.0435. The second-order valence-corrected chi connectivity index (χ2v) is 8.75. The lowest BCUT2D eigenvalue weighted by Gasteiger charge is -2.09. The average molecular weight is 415 g/mol. The normalized spacial score (nSPS) is 11.9. The van der Waals surface area contributed by atoms with Gasteiger partial charge in [-0.3, -0.25) is 4.79 Å². The van der Waals surface area contributed by atoms with Crippen LogP contribution in [0.1, 0.15) is 0 Å². The Morgan fingerprint density at radius 2 is 1.40 bits per heavy atom. The summed E-state index contributed by atoms with van der Waals surface area (Å²) in [6, 6.07) is 24.7. The standard InChI is InChI=1S/C23H17N3O3S/c1-25-19-15-9-8-14-18(19)20-21(16-10-4-2-5-11-16)24-26(22(20)23(25)27)30(28,29)17-12-6-3-7-13-17/h2-15H,1H3. The van der Waals surface area contributed by atoms with E-state index in [1.54, 1.807) is 25.2 Å². The molecule has 0 atom stereocenters. The largest absolute Gasteiger partial charge is 0.309 e. The van der Waals surface area contributed by atoms with E-state index in [9.17, 15) is 13.2 Å². The van der Waals surface area contributed by atoms with Gasteiger partial charge in [-0.05, 0) is 18.2 Å². The first kappa shape index (κ1) is 18.3. The van der Waals surface area contributed by atoms with Crippen LogP contribution in [0.4, 0.5) is 0 Å². The molecule has 5 rings (SSSR count). The number of para-hydroxylation sites is 1. The number of benzene rings is 3. The molecule has 0 aliphatic rings. The highest BCUT2D eigenvalue weighted by molar-refractivity contribution is 7.90. The van der Waals surface area contributed by atoms with Crippen molar-refractivity contribution >= 4 is 31.8 Å². The van der Waals surface area contributed by atoms with Crippen molar-refractivity contribution in [2.24, 2.45) is 7.05 Å². The fourth-order valence-corrected chi connectivity index (χ4v) is 5.05. The quantitative estimate of drug-likeness (QED) is 0.449. The number of pyridine rings is 1. The highest BCUT2D eigenvalue weighted by Crippen LogP contribution is 2.33. The van der Waals surface area contributed by atoms with Crippen LogP contribution in [-0.4, -0.2) is 22.2 Å². The van der Waals surface area contributed by atoms with Crippen LogP contribution in [-0.2, 0) is 17.1 Å². The van der Waals surface area contributed by atoms with Crippen LogP contribution in [0, 0.1) is 0 Å². The molecular formula is C23H17N3O3S. The van der Waals surface area contributed by atoms with E-state index in [2.05, 4.69) is 5.10 Å². The maximum Gasteiger partial charge on any atom is 0.283 e. The molecular weight excluding hydrogens is 398 g/mol. The molecule has 3 aromatic carbocycles. The topological polar surface area (TPSA) is 74.0 Å². The van der Waals surface area contributed by atoms with Crippen LogP contribution in [0.3, 0.4) is 0 Å². The molecule has 0 saturated carbocycles. The molecule has 2 heterocycles. The lowest BCUT2D eigenvalue weighted by atomic mass is 10.0. The van der Waals surface area contributed by atoms with Gasteiger partial charge >= 0.3 is 0 Å². The maximum absolute atomic E-state index is 13.4. The lowest BCUT2D eigenvalue weighted by molar-refractivity contribution is 0.582. The van der Waals surface area contributed by atoms with Crippen molar-refractivity contribution in [1.82, 2.24) is 13.8 Å². The minimum atomic E-state index is -4.07. The van der Waals surface area contributed by atoms with Gasteiger partial charge in [-0.2, -0.15) is 13.5 Å². The fourth-order valence-electron chi connectivity index (χ4n) is 3.75.